The maximum Gasteiger partial charge on any atom is 0.161 e. The summed E-state index contributed by atoms with van der Waals surface area (Å²) in [5, 5.41) is 4.41. The maximum absolute atomic E-state index is 5.82. The van der Waals surface area contributed by atoms with Crippen LogP contribution in [0.3, 0.4) is 0 Å². The summed E-state index contributed by atoms with van der Waals surface area (Å²) in [5.41, 5.74) is 1.96. The van der Waals surface area contributed by atoms with Crippen LogP contribution in [0.4, 0.5) is 5.82 Å². The number of likely N-dealkylation sites (N-methyl/N-ethyl adjacent to an activating group) is 1. The lowest BCUT2D eigenvalue weighted by Gasteiger charge is -2.19. The lowest BCUT2D eigenvalue weighted by Crippen LogP contribution is -2.25. The van der Waals surface area contributed by atoms with Crippen LogP contribution in [0, 0.1) is 6.92 Å². The van der Waals surface area contributed by atoms with Crippen molar-refractivity contribution in [2.24, 2.45) is 0 Å². The van der Waals surface area contributed by atoms with E-state index >= 15 is 0 Å². The number of ether oxygens (including phenoxy) is 2. The van der Waals surface area contributed by atoms with Crippen molar-refractivity contribution in [1.29, 1.82) is 0 Å². The molecule has 0 unspecified atom stereocenters. The van der Waals surface area contributed by atoms with Crippen LogP contribution in [0.15, 0.2) is 42.7 Å². The fourth-order valence-corrected chi connectivity index (χ4v) is 2.46. The summed E-state index contributed by atoms with van der Waals surface area (Å²) < 4.78 is 12.9. The third-order valence-corrected chi connectivity index (χ3v) is 3.61. The van der Waals surface area contributed by atoms with E-state index in [4.69, 9.17) is 9.47 Å². The van der Waals surface area contributed by atoms with E-state index in [1.54, 1.807) is 13.3 Å². The molecule has 23 heavy (non-hydrogen) atoms. The first-order valence-corrected chi connectivity index (χ1v) is 7.47. The number of benzene rings is 1. The van der Waals surface area contributed by atoms with Crippen molar-refractivity contribution in [3.63, 3.8) is 0 Å². The van der Waals surface area contributed by atoms with Crippen LogP contribution >= 0.6 is 0 Å². The van der Waals surface area contributed by atoms with Crippen LogP contribution in [-0.2, 0) is 0 Å². The molecule has 0 aliphatic rings. The van der Waals surface area contributed by atoms with Crippen molar-refractivity contribution in [1.82, 2.24) is 14.6 Å². The Morgan fingerprint density at radius 1 is 1.22 bits per heavy atom. The van der Waals surface area contributed by atoms with Crippen molar-refractivity contribution in [2.45, 2.75) is 6.92 Å². The molecule has 0 N–H and O–H groups in total. The summed E-state index contributed by atoms with van der Waals surface area (Å²) in [6.45, 7) is 3.21. The number of rotatable bonds is 6. The van der Waals surface area contributed by atoms with Gasteiger partial charge in [0.1, 0.15) is 12.1 Å². The highest BCUT2D eigenvalue weighted by molar-refractivity contribution is 5.68. The first-order valence-electron chi connectivity index (χ1n) is 7.47. The second-order valence-electron chi connectivity index (χ2n) is 5.29. The van der Waals surface area contributed by atoms with E-state index in [1.807, 2.05) is 55.0 Å². The molecular formula is C17H20N4O2. The Kier molecular flexibility index (Phi) is 4.32. The second kappa shape index (κ2) is 6.56. The minimum atomic E-state index is 0.534. The monoisotopic (exact) mass is 312 g/mol. The van der Waals surface area contributed by atoms with E-state index in [0.717, 1.165) is 28.5 Å². The molecule has 2 heterocycles. The van der Waals surface area contributed by atoms with Gasteiger partial charge in [0.25, 0.3) is 0 Å². The normalized spacial score (nSPS) is 10.7. The number of methoxy groups -OCH3 is 1. The van der Waals surface area contributed by atoms with Gasteiger partial charge in [0.05, 0.1) is 19.3 Å². The Balaban J connectivity index is 1.68. The molecule has 0 aliphatic heterocycles. The zero-order valence-electron chi connectivity index (χ0n) is 13.6. The zero-order valence-corrected chi connectivity index (χ0v) is 13.6. The molecule has 6 heteroatoms. The molecule has 0 saturated carbocycles. The SMILES string of the molecule is COc1ccccc1OCCN(C)c1nccn2nc(C)cc12. The smallest absolute Gasteiger partial charge is 0.161 e. The molecule has 0 radical (unpaired) electrons. The Morgan fingerprint density at radius 2 is 2.00 bits per heavy atom. The first kappa shape index (κ1) is 15.1. The topological polar surface area (TPSA) is 51.9 Å². The summed E-state index contributed by atoms with van der Waals surface area (Å²) in [4.78, 5) is 6.53. The number of para-hydroxylation sites is 2. The lowest BCUT2D eigenvalue weighted by molar-refractivity contribution is 0.301. The third-order valence-electron chi connectivity index (χ3n) is 3.61. The standard InChI is InChI=1S/C17H20N4O2/c1-13-12-14-17(18-8-9-21(14)19-13)20(2)10-11-23-16-7-5-4-6-15(16)22-3/h4-9,12H,10-11H2,1-3H3. The fraction of sp³-hybridized carbons (Fsp3) is 0.294. The van der Waals surface area contributed by atoms with Gasteiger partial charge >= 0.3 is 0 Å². The molecular weight excluding hydrogens is 292 g/mol. The average molecular weight is 312 g/mol. The molecule has 1 aromatic carbocycles. The van der Waals surface area contributed by atoms with E-state index in [0.29, 0.717) is 13.2 Å². The molecule has 0 aliphatic carbocycles. The number of aryl methyl sites for hydroxylation is 1. The summed E-state index contributed by atoms with van der Waals surface area (Å²) >= 11 is 0. The number of nitrogens with zero attached hydrogens (tertiary/aromatic N) is 4. The van der Waals surface area contributed by atoms with Crippen molar-refractivity contribution in [3.8, 4) is 11.5 Å². The summed E-state index contributed by atoms with van der Waals surface area (Å²) in [7, 11) is 3.64. The molecule has 3 aromatic rings. The van der Waals surface area contributed by atoms with E-state index in [1.165, 1.54) is 0 Å². The van der Waals surface area contributed by atoms with Crippen LogP contribution < -0.4 is 14.4 Å². The van der Waals surface area contributed by atoms with E-state index in [-0.39, 0.29) is 0 Å². The van der Waals surface area contributed by atoms with Gasteiger partial charge in [0.15, 0.2) is 17.3 Å². The van der Waals surface area contributed by atoms with Gasteiger partial charge in [-0.2, -0.15) is 5.10 Å². The number of hydrogen-bond donors (Lipinski definition) is 0. The van der Waals surface area contributed by atoms with Gasteiger partial charge < -0.3 is 14.4 Å². The Labute approximate surface area is 135 Å². The minimum Gasteiger partial charge on any atom is -0.493 e. The molecule has 0 bridgehead atoms. The quantitative estimate of drug-likeness (QED) is 0.700. The number of hydrogen-bond acceptors (Lipinski definition) is 5. The summed E-state index contributed by atoms with van der Waals surface area (Å²) in [5.74, 6) is 2.37. The molecule has 0 atom stereocenters. The van der Waals surface area contributed by atoms with E-state index in [2.05, 4.69) is 15.0 Å². The number of aromatic nitrogens is 3. The molecule has 3 rings (SSSR count). The lowest BCUT2D eigenvalue weighted by atomic mass is 10.3. The Hall–Kier alpha value is -2.76. The fourth-order valence-electron chi connectivity index (χ4n) is 2.46. The van der Waals surface area contributed by atoms with Gasteiger partial charge in [-0.05, 0) is 25.1 Å². The van der Waals surface area contributed by atoms with Gasteiger partial charge in [-0.3, -0.25) is 0 Å². The van der Waals surface area contributed by atoms with Gasteiger partial charge in [-0.15, -0.1) is 0 Å². The van der Waals surface area contributed by atoms with Crippen LogP contribution in [0.2, 0.25) is 0 Å². The molecule has 0 amide bonds. The second-order valence-corrected chi connectivity index (χ2v) is 5.29. The van der Waals surface area contributed by atoms with Crippen LogP contribution in [0.1, 0.15) is 5.69 Å². The average Bonchev–Trinajstić information content (AvgIpc) is 2.95. The highest BCUT2D eigenvalue weighted by Crippen LogP contribution is 2.25. The predicted octanol–water partition coefficient (Wildman–Crippen LogP) is 2.56. The number of anilines is 1. The first-order chi connectivity index (χ1) is 11.2. The molecule has 6 nitrogen and oxygen atoms in total. The molecule has 0 spiro atoms. The molecule has 2 aromatic heterocycles. The van der Waals surface area contributed by atoms with Crippen LogP contribution in [0.5, 0.6) is 11.5 Å². The van der Waals surface area contributed by atoms with Gasteiger partial charge in [0.2, 0.25) is 0 Å². The summed E-state index contributed by atoms with van der Waals surface area (Å²) in [6, 6.07) is 9.66. The van der Waals surface area contributed by atoms with Gasteiger partial charge in [-0.25, -0.2) is 9.50 Å². The maximum atomic E-state index is 5.82. The van der Waals surface area contributed by atoms with Gasteiger partial charge in [0, 0.05) is 19.4 Å². The van der Waals surface area contributed by atoms with Crippen LogP contribution in [-0.4, -0.2) is 41.9 Å². The van der Waals surface area contributed by atoms with Crippen molar-refractivity contribution in [2.75, 3.05) is 32.2 Å². The van der Waals surface area contributed by atoms with Crippen LogP contribution in [0.25, 0.3) is 5.52 Å². The molecule has 0 saturated heterocycles. The minimum absolute atomic E-state index is 0.534. The molecule has 0 fully saturated rings. The zero-order chi connectivity index (χ0) is 16.2. The Morgan fingerprint density at radius 3 is 2.78 bits per heavy atom. The van der Waals surface area contributed by atoms with Gasteiger partial charge in [-0.1, -0.05) is 12.1 Å². The largest absolute Gasteiger partial charge is 0.493 e. The number of fused-ring (bicyclic) bond motifs is 1. The third kappa shape index (κ3) is 3.21. The highest BCUT2D eigenvalue weighted by Gasteiger charge is 2.10. The summed E-state index contributed by atoms with van der Waals surface area (Å²) in [6.07, 6.45) is 3.61. The molecule has 120 valence electrons. The van der Waals surface area contributed by atoms with E-state index < -0.39 is 0 Å². The Bertz CT molecular complexity index is 800. The predicted molar refractivity (Wildman–Crippen MR) is 89.5 cm³/mol. The van der Waals surface area contributed by atoms with Crippen molar-refractivity contribution < 1.29 is 9.47 Å². The van der Waals surface area contributed by atoms with Crippen molar-refractivity contribution >= 4 is 11.3 Å². The highest BCUT2D eigenvalue weighted by atomic mass is 16.5. The van der Waals surface area contributed by atoms with E-state index in [9.17, 15) is 0 Å². The van der Waals surface area contributed by atoms with Crippen molar-refractivity contribution in [3.05, 3.63) is 48.4 Å².